The van der Waals surface area contributed by atoms with Gasteiger partial charge in [0.05, 0.1) is 14.2 Å². The van der Waals surface area contributed by atoms with Crippen molar-refractivity contribution in [2.24, 2.45) is 5.14 Å². The first-order valence-electron chi connectivity index (χ1n) is 4.85. The van der Waals surface area contributed by atoms with Crippen LogP contribution in [0.1, 0.15) is 5.56 Å². The van der Waals surface area contributed by atoms with Gasteiger partial charge in [-0.15, -0.1) is 0 Å². The van der Waals surface area contributed by atoms with Crippen LogP contribution >= 0.6 is 0 Å². The molecule has 0 spiro atoms. The third kappa shape index (κ3) is 3.57. The molecule has 2 N–H and O–H groups in total. The van der Waals surface area contributed by atoms with Crippen molar-refractivity contribution < 1.29 is 22.7 Å². The molecule has 0 aromatic heterocycles. The molecule has 0 aliphatic rings. The Morgan fingerprint density at radius 1 is 1.33 bits per heavy atom. The molecule has 7 heteroatoms. The summed E-state index contributed by atoms with van der Waals surface area (Å²) in [6.07, 6.45) is 2.59. The molecular formula is C11H13NO5S. The lowest BCUT2D eigenvalue weighted by atomic mass is 10.2. The number of carbonyl (C=O) groups is 1. The maximum absolute atomic E-state index is 11.3. The van der Waals surface area contributed by atoms with Gasteiger partial charge in [0.25, 0.3) is 0 Å². The smallest absolute Gasteiger partial charge is 0.330 e. The largest absolute Gasteiger partial charge is 0.495 e. The van der Waals surface area contributed by atoms with E-state index >= 15 is 0 Å². The maximum atomic E-state index is 11.3. The van der Waals surface area contributed by atoms with Gasteiger partial charge in [0.15, 0.2) is 0 Å². The summed E-state index contributed by atoms with van der Waals surface area (Å²) in [7, 11) is -1.30. The van der Waals surface area contributed by atoms with Gasteiger partial charge in [0.1, 0.15) is 10.6 Å². The summed E-state index contributed by atoms with van der Waals surface area (Å²) in [5.74, 6) is -0.393. The highest BCUT2D eigenvalue weighted by molar-refractivity contribution is 7.89. The molecule has 1 aromatic carbocycles. The topological polar surface area (TPSA) is 95.7 Å². The van der Waals surface area contributed by atoms with Crippen LogP contribution in [0.15, 0.2) is 29.2 Å². The molecule has 98 valence electrons. The minimum absolute atomic E-state index is 0.142. The first-order valence-corrected chi connectivity index (χ1v) is 6.40. The number of carbonyl (C=O) groups excluding carboxylic acids is 1. The summed E-state index contributed by atoms with van der Waals surface area (Å²) in [6, 6.07) is 4.36. The fraction of sp³-hybridized carbons (Fsp3) is 0.182. The molecule has 0 saturated heterocycles. The first kappa shape index (κ1) is 14.2. The molecule has 1 rings (SSSR count). The molecule has 6 nitrogen and oxygen atoms in total. The quantitative estimate of drug-likeness (QED) is 0.636. The highest BCUT2D eigenvalue weighted by Crippen LogP contribution is 2.24. The molecule has 0 heterocycles. The van der Waals surface area contributed by atoms with Crippen LogP contribution in [-0.4, -0.2) is 28.6 Å². The van der Waals surface area contributed by atoms with Crippen LogP contribution < -0.4 is 9.88 Å². The fourth-order valence-corrected chi connectivity index (χ4v) is 1.98. The second-order valence-corrected chi connectivity index (χ2v) is 4.84. The molecule has 0 aliphatic heterocycles. The molecule has 0 amide bonds. The number of sulfonamides is 1. The highest BCUT2D eigenvalue weighted by atomic mass is 32.2. The van der Waals surface area contributed by atoms with Gasteiger partial charge in [-0.05, 0) is 23.8 Å². The van der Waals surface area contributed by atoms with Gasteiger partial charge >= 0.3 is 5.97 Å². The lowest BCUT2D eigenvalue weighted by Gasteiger charge is -2.07. The molecule has 0 saturated carbocycles. The van der Waals surface area contributed by atoms with Crippen molar-refractivity contribution >= 4 is 22.1 Å². The van der Waals surface area contributed by atoms with Gasteiger partial charge < -0.3 is 9.47 Å². The summed E-state index contributed by atoms with van der Waals surface area (Å²) in [6.45, 7) is 0. The molecule has 0 radical (unpaired) electrons. The van der Waals surface area contributed by atoms with Gasteiger partial charge in [-0.25, -0.2) is 18.4 Å². The SMILES string of the molecule is COC(=O)/C=C/c1ccc(OC)c(S(N)(=O)=O)c1. The Kier molecular flexibility index (Phi) is 4.46. The van der Waals surface area contributed by atoms with Crippen molar-refractivity contribution in [3.05, 3.63) is 29.8 Å². The number of rotatable bonds is 4. The minimum atomic E-state index is -3.89. The molecule has 0 unspecified atom stereocenters. The monoisotopic (exact) mass is 271 g/mol. The average Bonchev–Trinajstić information content (AvgIpc) is 2.34. The highest BCUT2D eigenvalue weighted by Gasteiger charge is 2.14. The summed E-state index contributed by atoms with van der Waals surface area (Å²) in [5.41, 5.74) is 0.491. The predicted molar refractivity (Wildman–Crippen MR) is 65.4 cm³/mol. The van der Waals surface area contributed by atoms with Crippen molar-refractivity contribution in [2.75, 3.05) is 14.2 Å². The Balaban J connectivity index is 3.20. The second kappa shape index (κ2) is 5.65. The number of ether oxygens (including phenoxy) is 2. The average molecular weight is 271 g/mol. The lowest BCUT2D eigenvalue weighted by Crippen LogP contribution is -2.13. The third-order valence-electron chi connectivity index (χ3n) is 2.11. The number of hydrogen-bond acceptors (Lipinski definition) is 5. The van der Waals surface area contributed by atoms with E-state index in [9.17, 15) is 13.2 Å². The zero-order valence-electron chi connectivity index (χ0n) is 9.91. The van der Waals surface area contributed by atoms with Crippen molar-refractivity contribution in [3.63, 3.8) is 0 Å². The normalized spacial score (nSPS) is 11.5. The van der Waals surface area contributed by atoms with E-state index in [0.717, 1.165) is 0 Å². The van der Waals surface area contributed by atoms with Crippen LogP contribution in [0, 0.1) is 0 Å². The van der Waals surface area contributed by atoms with E-state index in [2.05, 4.69) is 4.74 Å². The number of nitrogens with two attached hydrogens (primary N) is 1. The summed E-state index contributed by atoms with van der Waals surface area (Å²) >= 11 is 0. The van der Waals surface area contributed by atoms with Gasteiger partial charge in [-0.2, -0.15) is 0 Å². The summed E-state index contributed by atoms with van der Waals surface area (Å²) < 4.78 is 32.0. The van der Waals surface area contributed by atoms with E-state index < -0.39 is 16.0 Å². The molecular weight excluding hydrogens is 258 g/mol. The van der Waals surface area contributed by atoms with Crippen LogP contribution in [0.4, 0.5) is 0 Å². The first-order chi connectivity index (χ1) is 8.38. The van der Waals surface area contributed by atoms with Gasteiger partial charge in [-0.3, -0.25) is 0 Å². The Labute approximate surface area is 105 Å². The zero-order chi connectivity index (χ0) is 13.8. The second-order valence-electron chi connectivity index (χ2n) is 3.31. The molecule has 0 fully saturated rings. The zero-order valence-corrected chi connectivity index (χ0v) is 10.7. The Morgan fingerprint density at radius 3 is 2.50 bits per heavy atom. The van der Waals surface area contributed by atoms with E-state index in [-0.39, 0.29) is 10.6 Å². The lowest BCUT2D eigenvalue weighted by molar-refractivity contribution is -0.134. The number of esters is 1. The number of benzene rings is 1. The van der Waals surface area contributed by atoms with Crippen LogP contribution in [0.2, 0.25) is 0 Å². The van der Waals surface area contributed by atoms with E-state index in [0.29, 0.717) is 5.56 Å². The molecule has 0 atom stereocenters. The van der Waals surface area contributed by atoms with E-state index in [1.54, 1.807) is 6.07 Å². The maximum Gasteiger partial charge on any atom is 0.330 e. The van der Waals surface area contributed by atoms with Crippen LogP contribution in [0.25, 0.3) is 6.08 Å². The van der Waals surface area contributed by atoms with Gasteiger partial charge in [-0.1, -0.05) is 6.07 Å². The summed E-state index contributed by atoms with van der Waals surface area (Å²) in [5, 5.41) is 5.06. The molecule has 0 aliphatic carbocycles. The third-order valence-corrected chi connectivity index (χ3v) is 3.04. The van der Waals surface area contributed by atoms with Gasteiger partial charge in [0, 0.05) is 6.08 Å². The van der Waals surface area contributed by atoms with E-state index in [1.807, 2.05) is 0 Å². The standard InChI is InChI=1S/C11H13NO5S/c1-16-9-5-3-8(4-6-11(13)17-2)7-10(9)18(12,14)15/h3-7H,1-2H3,(H2,12,14,15)/b6-4+. The van der Waals surface area contributed by atoms with E-state index in [1.165, 1.54) is 38.5 Å². The Bertz CT molecular complexity index is 577. The van der Waals surface area contributed by atoms with Crippen LogP contribution in [-0.2, 0) is 19.6 Å². The van der Waals surface area contributed by atoms with E-state index in [4.69, 9.17) is 9.88 Å². The number of methoxy groups -OCH3 is 2. The van der Waals surface area contributed by atoms with Crippen molar-refractivity contribution in [1.29, 1.82) is 0 Å². The predicted octanol–water partition coefficient (Wildman–Crippen LogP) is 0.529. The van der Waals surface area contributed by atoms with Crippen molar-refractivity contribution in [1.82, 2.24) is 0 Å². The van der Waals surface area contributed by atoms with Crippen molar-refractivity contribution in [3.8, 4) is 5.75 Å². The van der Waals surface area contributed by atoms with Crippen LogP contribution in [0.3, 0.4) is 0 Å². The fourth-order valence-electron chi connectivity index (χ4n) is 1.25. The number of primary sulfonamides is 1. The van der Waals surface area contributed by atoms with Gasteiger partial charge in [0.2, 0.25) is 10.0 Å². The summed E-state index contributed by atoms with van der Waals surface area (Å²) in [4.78, 5) is 10.8. The minimum Gasteiger partial charge on any atom is -0.495 e. The van der Waals surface area contributed by atoms with Crippen molar-refractivity contribution in [2.45, 2.75) is 4.90 Å². The molecule has 1 aromatic rings. The molecule has 18 heavy (non-hydrogen) atoms. The Hall–Kier alpha value is -1.86. The van der Waals surface area contributed by atoms with Crippen LogP contribution in [0.5, 0.6) is 5.75 Å². The Morgan fingerprint density at radius 2 is 2.00 bits per heavy atom. The molecule has 0 bridgehead atoms. The number of hydrogen-bond donors (Lipinski definition) is 1.